The Labute approximate surface area is 71.1 Å². The molecule has 0 heterocycles. The summed E-state index contributed by atoms with van der Waals surface area (Å²) in [6, 6.07) is 0. The lowest BCUT2D eigenvalue weighted by molar-refractivity contribution is -0.140. The van der Waals surface area contributed by atoms with Gasteiger partial charge in [0.05, 0.1) is 0 Å². The van der Waals surface area contributed by atoms with Crippen molar-refractivity contribution in [2.24, 2.45) is 5.73 Å². The van der Waals surface area contributed by atoms with Crippen molar-refractivity contribution in [3.63, 3.8) is 0 Å². The lowest BCUT2D eigenvalue weighted by Gasteiger charge is -2.07. The van der Waals surface area contributed by atoms with Crippen molar-refractivity contribution in [2.75, 3.05) is 6.54 Å². The summed E-state index contributed by atoms with van der Waals surface area (Å²) in [5.41, 5.74) is 5.20. The van der Waals surface area contributed by atoms with Crippen LogP contribution in [0.4, 0.5) is 8.78 Å². The molecular weight excluding hydrogens is 164 g/mol. The van der Waals surface area contributed by atoms with Gasteiger partial charge < -0.3 is 5.73 Å². The Morgan fingerprint density at radius 1 is 1.33 bits per heavy atom. The Kier molecular flexibility index (Phi) is 4.97. The van der Waals surface area contributed by atoms with Crippen LogP contribution < -0.4 is 5.73 Å². The monoisotopic (exact) mass is 179 g/mol. The van der Waals surface area contributed by atoms with E-state index in [1.807, 2.05) is 0 Å². The summed E-state index contributed by atoms with van der Waals surface area (Å²) in [5.74, 6) is -4.14. The molecule has 0 rings (SSSR count). The standard InChI is InChI=1S/C8H15F2NO/c1-8(9,10)7(12)5-3-2-4-6-11/h2-6,11H2,1H3. The zero-order chi connectivity index (χ0) is 9.61. The van der Waals surface area contributed by atoms with Crippen LogP contribution in [0.2, 0.25) is 0 Å². The second-order valence-corrected chi connectivity index (χ2v) is 2.91. The predicted molar refractivity (Wildman–Crippen MR) is 43.2 cm³/mol. The van der Waals surface area contributed by atoms with Crippen LogP contribution in [-0.4, -0.2) is 18.3 Å². The molecule has 72 valence electrons. The third-order valence-electron chi connectivity index (χ3n) is 1.60. The van der Waals surface area contributed by atoms with E-state index in [1.165, 1.54) is 0 Å². The molecule has 0 amide bonds. The molecule has 0 unspecified atom stereocenters. The van der Waals surface area contributed by atoms with Crippen LogP contribution in [0.15, 0.2) is 0 Å². The normalized spacial score (nSPS) is 11.7. The van der Waals surface area contributed by atoms with E-state index in [0.29, 0.717) is 19.9 Å². The van der Waals surface area contributed by atoms with E-state index in [4.69, 9.17) is 5.73 Å². The molecular formula is C8H15F2NO. The molecule has 0 fully saturated rings. The molecule has 0 saturated carbocycles. The number of nitrogens with two attached hydrogens (primary N) is 1. The average molecular weight is 179 g/mol. The lowest BCUT2D eigenvalue weighted by atomic mass is 10.1. The molecule has 0 spiro atoms. The number of halogens is 2. The summed E-state index contributed by atoms with van der Waals surface area (Å²) in [6.07, 6.45) is 2.02. The van der Waals surface area contributed by atoms with Crippen molar-refractivity contribution in [3.8, 4) is 0 Å². The van der Waals surface area contributed by atoms with Gasteiger partial charge in [0.15, 0.2) is 0 Å². The van der Waals surface area contributed by atoms with Gasteiger partial charge in [0, 0.05) is 13.3 Å². The molecule has 0 aromatic carbocycles. The van der Waals surface area contributed by atoms with Gasteiger partial charge in [0.1, 0.15) is 0 Å². The summed E-state index contributed by atoms with van der Waals surface area (Å²) in [7, 11) is 0. The third kappa shape index (κ3) is 5.18. The fourth-order valence-corrected chi connectivity index (χ4v) is 0.826. The number of ketones is 1. The first kappa shape index (κ1) is 11.5. The van der Waals surface area contributed by atoms with Gasteiger partial charge in [-0.3, -0.25) is 4.79 Å². The van der Waals surface area contributed by atoms with Crippen LogP contribution >= 0.6 is 0 Å². The van der Waals surface area contributed by atoms with E-state index in [2.05, 4.69) is 0 Å². The summed E-state index contributed by atoms with van der Waals surface area (Å²) in [6.45, 7) is 1.19. The van der Waals surface area contributed by atoms with Crippen molar-refractivity contribution in [3.05, 3.63) is 0 Å². The van der Waals surface area contributed by atoms with Gasteiger partial charge in [-0.05, 0) is 19.4 Å². The second kappa shape index (κ2) is 5.19. The van der Waals surface area contributed by atoms with E-state index in [9.17, 15) is 13.6 Å². The Morgan fingerprint density at radius 2 is 1.92 bits per heavy atom. The summed E-state index contributed by atoms with van der Waals surface area (Å²) >= 11 is 0. The van der Waals surface area contributed by atoms with Crippen LogP contribution in [0.1, 0.15) is 32.6 Å². The van der Waals surface area contributed by atoms with Crippen LogP contribution in [0.5, 0.6) is 0 Å². The van der Waals surface area contributed by atoms with Crippen molar-refractivity contribution < 1.29 is 13.6 Å². The maximum Gasteiger partial charge on any atom is 0.302 e. The molecule has 2 N–H and O–H groups in total. The fourth-order valence-electron chi connectivity index (χ4n) is 0.826. The molecule has 0 aromatic rings. The zero-order valence-corrected chi connectivity index (χ0v) is 7.28. The number of alkyl halides is 2. The number of carbonyl (C=O) groups is 1. The number of hydrogen-bond acceptors (Lipinski definition) is 2. The van der Waals surface area contributed by atoms with E-state index in [-0.39, 0.29) is 6.42 Å². The van der Waals surface area contributed by atoms with E-state index < -0.39 is 11.7 Å². The molecule has 0 aliphatic rings. The minimum Gasteiger partial charge on any atom is -0.330 e. The minimum atomic E-state index is -3.16. The number of rotatable bonds is 6. The molecule has 0 aliphatic heterocycles. The lowest BCUT2D eigenvalue weighted by Crippen LogP contribution is -2.23. The predicted octanol–water partition coefficient (Wildman–Crippen LogP) is 1.73. The number of hydrogen-bond donors (Lipinski definition) is 1. The van der Waals surface area contributed by atoms with Gasteiger partial charge in [0.25, 0.3) is 0 Å². The van der Waals surface area contributed by atoms with Gasteiger partial charge in [-0.15, -0.1) is 0 Å². The van der Waals surface area contributed by atoms with E-state index in [1.54, 1.807) is 0 Å². The van der Waals surface area contributed by atoms with Crippen LogP contribution in [-0.2, 0) is 4.79 Å². The molecule has 4 heteroatoms. The third-order valence-corrected chi connectivity index (χ3v) is 1.60. The summed E-state index contributed by atoms with van der Waals surface area (Å²) < 4.78 is 24.5. The topological polar surface area (TPSA) is 43.1 Å². The number of Topliss-reactive ketones (excluding diaryl/α,β-unsaturated/α-hetero) is 1. The van der Waals surface area contributed by atoms with Crippen molar-refractivity contribution in [2.45, 2.75) is 38.5 Å². The maximum absolute atomic E-state index is 12.3. The number of carbonyl (C=O) groups excluding carboxylic acids is 1. The number of unbranched alkanes of at least 4 members (excludes halogenated alkanes) is 2. The largest absolute Gasteiger partial charge is 0.330 e. The quantitative estimate of drug-likeness (QED) is 0.631. The molecule has 0 bridgehead atoms. The summed E-state index contributed by atoms with van der Waals surface area (Å²) in [5, 5.41) is 0. The van der Waals surface area contributed by atoms with E-state index >= 15 is 0 Å². The molecule has 12 heavy (non-hydrogen) atoms. The van der Waals surface area contributed by atoms with Crippen LogP contribution in [0, 0.1) is 0 Å². The van der Waals surface area contributed by atoms with Gasteiger partial charge in [0.2, 0.25) is 5.78 Å². The highest BCUT2D eigenvalue weighted by Gasteiger charge is 2.30. The van der Waals surface area contributed by atoms with Crippen molar-refractivity contribution in [1.82, 2.24) is 0 Å². The SMILES string of the molecule is CC(F)(F)C(=O)CCCCCN. The summed E-state index contributed by atoms with van der Waals surface area (Å²) in [4.78, 5) is 10.6. The first-order chi connectivity index (χ1) is 5.48. The first-order valence-electron chi connectivity index (χ1n) is 4.09. The van der Waals surface area contributed by atoms with E-state index in [0.717, 1.165) is 12.8 Å². The van der Waals surface area contributed by atoms with Crippen molar-refractivity contribution in [1.29, 1.82) is 0 Å². The maximum atomic E-state index is 12.3. The first-order valence-corrected chi connectivity index (χ1v) is 4.09. The fraction of sp³-hybridized carbons (Fsp3) is 0.875. The van der Waals surface area contributed by atoms with Crippen LogP contribution in [0.25, 0.3) is 0 Å². The Balaban J connectivity index is 3.45. The van der Waals surface area contributed by atoms with Crippen molar-refractivity contribution >= 4 is 5.78 Å². The Hall–Kier alpha value is -0.510. The molecule has 2 nitrogen and oxygen atoms in total. The highest BCUT2D eigenvalue weighted by atomic mass is 19.3. The highest BCUT2D eigenvalue weighted by Crippen LogP contribution is 2.16. The van der Waals surface area contributed by atoms with Gasteiger partial charge in [-0.2, -0.15) is 8.78 Å². The molecule has 0 radical (unpaired) electrons. The highest BCUT2D eigenvalue weighted by molar-refractivity contribution is 5.84. The molecule has 0 aliphatic carbocycles. The molecule has 0 aromatic heterocycles. The van der Waals surface area contributed by atoms with Gasteiger partial charge in [-0.25, -0.2) is 0 Å². The minimum absolute atomic E-state index is 0.0382. The zero-order valence-electron chi connectivity index (χ0n) is 7.28. The smallest absolute Gasteiger partial charge is 0.302 e. The second-order valence-electron chi connectivity index (χ2n) is 2.91. The van der Waals surface area contributed by atoms with Crippen LogP contribution in [0.3, 0.4) is 0 Å². The molecule has 0 saturated heterocycles. The average Bonchev–Trinajstić information content (AvgIpc) is 1.96. The Morgan fingerprint density at radius 3 is 2.33 bits per heavy atom. The van der Waals surface area contributed by atoms with Gasteiger partial charge in [-0.1, -0.05) is 6.42 Å². The molecule has 0 atom stereocenters. The Bertz CT molecular complexity index is 142. The van der Waals surface area contributed by atoms with Gasteiger partial charge >= 0.3 is 5.92 Å².